The molecule has 0 atom stereocenters. The summed E-state index contributed by atoms with van der Waals surface area (Å²) in [5, 5.41) is 0. The number of hydrogen-bond acceptors (Lipinski definition) is 1. The van der Waals surface area contributed by atoms with E-state index in [0.29, 0.717) is 0 Å². The van der Waals surface area contributed by atoms with Crippen LogP contribution in [0.5, 0.6) is 5.75 Å². The molecule has 1 aliphatic rings. The zero-order valence-corrected chi connectivity index (χ0v) is 21.1. The zero-order chi connectivity index (χ0) is 24.0. The van der Waals surface area contributed by atoms with Crippen molar-refractivity contribution < 1.29 is 13.5 Å². The Labute approximate surface area is 206 Å². The van der Waals surface area contributed by atoms with E-state index in [4.69, 9.17) is 0 Å². The number of hydrogen-bond donors (Lipinski definition) is 0. The van der Waals surface area contributed by atoms with Crippen LogP contribution in [-0.2, 0) is 6.42 Å². The van der Waals surface area contributed by atoms with E-state index < -0.39 is 6.61 Å². The van der Waals surface area contributed by atoms with Crippen molar-refractivity contribution in [1.82, 2.24) is 0 Å². The molecule has 0 bridgehead atoms. The van der Waals surface area contributed by atoms with Gasteiger partial charge in [-0.05, 0) is 53.5 Å². The number of benzene rings is 2. The first-order valence-electron chi connectivity index (χ1n) is 13.8. The van der Waals surface area contributed by atoms with Gasteiger partial charge in [0.1, 0.15) is 5.75 Å². The van der Waals surface area contributed by atoms with Gasteiger partial charge in [0.05, 0.1) is 0 Å². The molecular weight excluding hydrogens is 426 g/mol. The lowest BCUT2D eigenvalue weighted by molar-refractivity contribution is -0.0498. The Morgan fingerprint density at radius 3 is 1.74 bits per heavy atom. The Morgan fingerprint density at radius 1 is 0.676 bits per heavy atom. The molecular formula is C31H44F2O. The molecule has 0 unspecified atom stereocenters. The van der Waals surface area contributed by atoms with Gasteiger partial charge >= 0.3 is 6.61 Å². The van der Waals surface area contributed by atoms with Gasteiger partial charge in [-0.25, -0.2) is 0 Å². The molecule has 0 heterocycles. The molecule has 1 fully saturated rings. The molecule has 0 radical (unpaired) electrons. The summed E-state index contributed by atoms with van der Waals surface area (Å²) >= 11 is 0. The van der Waals surface area contributed by atoms with E-state index in [2.05, 4.69) is 35.9 Å². The van der Waals surface area contributed by atoms with Crippen LogP contribution in [0.1, 0.15) is 102 Å². The number of alkyl halides is 2. The molecule has 2 aromatic carbocycles. The third-order valence-corrected chi connectivity index (χ3v) is 7.64. The second-order valence-electron chi connectivity index (χ2n) is 10.3. The lowest BCUT2D eigenvalue weighted by Gasteiger charge is -2.28. The minimum atomic E-state index is -2.78. The van der Waals surface area contributed by atoms with E-state index >= 15 is 0 Å². The predicted molar refractivity (Wildman–Crippen MR) is 140 cm³/mol. The maximum atomic E-state index is 12.3. The summed E-state index contributed by atoms with van der Waals surface area (Å²) in [4.78, 5) is 0. The number of halogens is 2. The summed E-state index contributed by atoms with van der Waals surface area (Å²) < 4.78 is 29.0. The molecule has 188 valence electrons. The van der Waals surface area contributed by atoms with Gasteiger partial charge in [0.25, 0.3) is 0 Å². The topological polar surface area (TPSA) is 9.23 Å². The first-order chi connectivity index (χ1) is 16.6. The molecule has 3 heteroatoms. The number of rotatable bonds is 15. The van der Waals surface area contributed by atoms with Crippen molar-refractivity contribution >= 4 is 0 Å². The van der Waals surface area contributed by atoms with Gasteiger partial charge in [-0.2, -0.15) is 8.78 Å². The molecule has 34 heavy (non-hydrogen) atoms. The lowest BCUT2D eigenvalue weighted by Crippen LogP contribution is -2.15. The maximum absolute atomic E-state index is 12.3. The van der Waals surface area contributed by atoms with Crippen LogP contribution in [0.2, 0.25) is 0 Å². The SMILES string of the molecule is CCCCCCCCCCC1CCC(CCc2ccc(-c3ccc(OC(F)F)cc3)cc2)CC1. The van der Waals surface area contributed by atoms with E-state index in [-0.39, 0.29) is 5.75 Å². The monoisotopic (exact) mass is 470 g/mol. The number of aryl methyl sites for hydroxylation is 1. The molecule has 0 N–H and O–H groups in total. The fraction of sp³-hybridized carbons (Fsp3) is 0.613. The quantitative estimate of drug-likeness (QED) is 0.235. The summed E-state index contributed by atoms with van der Waals surface area (Å²) in [7, 11) is 0. The summed E-state index contributed by atoms with van der Waals surface area (Å²) in [6.45, 7) is -0.496. The van der Waals surface area contributed by atoms with Gasteiger partial charge in [-0.3, -0.25) is 0 Å². The molecule has 0 aromatic heterocycles. The maximum Gasteiger partial charge on any atom is 0.387 e. The molecule has 2 aromatic rings. The van der Waals surface area contributed by atoms with Crippen LogP contribution in [0.3, 0.4) is 0 Å². The van der Waals surface area contributed by atoms with Gasteiger partial charge in [0.2, 0.25) is 0 Å². The minimum absolute atomic E-state index is 0.197. The van der Waals surface area contributed by atoms with E-state index in [1.165, 1.54) is 95.5 Å². The second-order valence-corrected chi connectivity index (χ2v) is 10.3. The Morgan fingerprint density at radius 2 is 1.18 bits per heavy atom. The van der Waals surface area contributed by atoms with Crippen molar-refractivity contribution in [2.45, 2.75) is 110 Å². The third-order valence-electron chi connectivity index (χ3n) is 7.64. The van der Waals surface area contributed by atoms with Crippen LogP contribution in [0.25, 0.3) is 11.1 Å². The molecule has 3 rings (SSSR count). The minimum Gasteiger partial charge on any atom is -0.435 e. The number of ether oxygens (including phenoxy) is 1. The van der Waals surface area contributed by atoms with Crippen LogP contribution < -0.4 is 4.74 Å². The van der Waals surface area contributed by atoms with Crippen molar-refractivity contribution in [3.63, 3.8) is 0 Å². The molecule has 0 saturated heterocycles. The highest BCUT2D eigenvalue weighted by Gasteiger charge is 2.20. The summed E-state index contributed by atoms with van der Waals surface area (Å²) in [6.07, 6.45) is 21.0. The molecule has 0 aliphatic heterocycles. The van der Waals surface area contributed by atoms with Crippen LogP contribution in [0, 0.1) is 11.8 Å². The smallest absolute Gasteiger partial charge is 0.387 e. The first-order valence-corrected chi connectivity index (χ1v) is 13.8. The van der Waals surface area contributed by atoms with Crippen LogP contribution in [0.15, 0.2) is 48.5 Å². The average Bonchev–Trinajstić information content (AvgIpc) is 2.85. The molecule has 1 nitrogen and oxygen atoms in total. The van der Waals surface area contributed by atoms with Crippen molar-refractivity contribution in [3.05, 3.63) is 54.1 Å². The standard InChI is InChI=1S/C31H44F2O/c1-2-3-4-5-6-7-8-9-10-25-11-13-26(14-12-25)15-16-27-17-19-28(20-18-27)29-21-23-30(24-22-29)34-31(32)33/h17-26,31H,2-16H2,1H3. The highest BCUT2D eigenvalue weighted by Crippen LogP contribution is 2.34. The Bertz CT molecular complexity index is 776. The Hall–Kier alpha value is -1.90. The predicted octanol–water partition coefficient (Wildman–Crippen LogP) is 10.2. The van der Waals surface area contributed by atoms with Crippen molar-refractivity contribution in [3.8, 4) is 16.9 Å². The lowest BCUT2D eigenvalue weighted by atomic mass is 9.77. The summed E-state index contributed by atoms with van der Waals surface area (Å²) in [5.74, 6) is 2.06. The highest BCUT2D eigenvalue weighted by molar-refractivity contribution is 5.64. The molecule has 0 amide bonds. The van der Waals surface area contributed by atoms with Gasteiger partial charge in [0.15, 0.2) is 0 Å². The molecule has 0 spiro atoms. The third kappa shape index (κ3) is 9.76. The fourth-order valence-corrected chi connectivity index (χ4v) is 5.44. The van der Waals surface area contributed by atoms with E-state index in [9.17, 15) is 8.78 Å². The van der Waals surface area contributed by atoms with Gasteiger partial charge < -0.3 is 4.74 Å². The van der Waals surface area contributed by atoms with Gasteiger partial charge in [-0.1, -0.05) is 127 Å². The number of unbranched alkanes of at least 4 members (excludes halogenated alkanes) is 7. The normalized spacial score (nSPS) is 18.4. The molecule has 1 aliphatic carbocycles. The van der Waals surface area contributed by atoms with Crippen molar-refractivity contribution in [2.24, 2.45) is 11.8 Å². The van der Waals surface area contributed by atoms with E-state index in [0.717, 1.165) is 29.4 Å². The van der Waals surface area contributed by atoms with E-state index in [1.54, 1.807) is 12.1 Å². The van der Waals surface area contributed by atoms with Crippen molar-refractivity contribution in [1.29, 1.82) is 0 Å². The Balaban J connectivity index is 1.29. The second kappa shape index (κ2) is 15.2. The largest absolute Gasteiger partial charge is 0.435 e. The summed E-state index contributed by atoms with van der Waals surface area (Å²) in [6, 6.07) is 15.6. The van der Waals surface area contributed by atoms with E-state index in [1.807, 2.05) is 12.1 Å². The zero-order valence-electron chi connectivity index (χ0n) is 21.1. The van der Waals surface area contributed by atoms with Crippen LogP contribution in [-0.4, -0.2) is 6.61 Å². The Kier molecular flexibility index (Phi) is 11.9. The fourth-order valence-electron chi connectivity index (χ4n) is 5.44. The van der Waals surface area contributed by atoms with Gasteiger partial charge in [-0.15, -0.1) is 0 Å². The molecule has 1 saturated carbocycles. The van der Waals surface area contributed by atoms with Gasteiger partial charge in [0, 0.05) is 0 Å². The first kappa shape index (κ1) is 26.7. The van der Waals surface area contributed by atoms with Crippen LogP contribution >= 0.6 is 0 Å². The highest BCUT2D eigenvalue weighted by atomic mass is 19.3. The van der Waals surface area contributed by atoms with Crippen molar-refractivity contribution in [2.75, 3.05) is 0 Å². The van der Waals surface area contributed by atoms with Crippen LogP contribution in [0.4, 0.5) is 8.78 Å². The average molecular weight is 471 g/mol. The summed E-state index contributed by atoms with van der Waals surface area (Å²) in [5.41, 5.74) is 3.51.